The molecule has 0 atom stereocenters. The molecule has 1 aromatic heterocycles. The molecule has 1 fully saturated rings. The van der Waals surface area contributed by atoms with Gasteiger partial charge in [-0.15, -0.1) is 0 Å². The molecule has 1 saturated heterocycles. The second kappa shape index (κ2) is 6.32. The Kier molecular flexibility index (Phi) is 4.24. The molecule has 22 heavy (non-hydrogen) atoms. The Balaban J connectivity index is 1.76. The molecule has 6 heteroatoms. The zero-order chi connectivity index (χ0) is 15.5. The van der Waals surface area contributed by atoms with Crippen LogP contribution in [0.3, 0.4) is 0 Å². The van der Waals surface area contributed by atoms with Gasteiger partial charge in [0.05, 0.1) is 0 Å². The molecule has 0 aliphatic carbocycles. The van der Waals surface area contributed by atoms with Gasteiger partial charge in [-0.2, -0.15) is 0 Å². The van der Waals surface area contributed by atoms with E-state index >= 15 is 0 Å². The van der Waals surface area contributed by atoms with E-state index in [0.717, 1.165) is 31.5 Å². The fourth-order valence-corrected chi connectivity index (χ4v) is 2.59. The summed E-state index contributed by atoms with van der Waals surface area (Å²) in [5.74, 6) is 0.356. The summed E-state index contributed by atoms with van der Waals surface area (Å²) >= 11 is 6.07. The molecular formula is C16H17ClN4O. The van der Waals surface area contributed by atoms with Crippen LogP contribution in [-0.2, 0) is 0 Å². The maximum Gasteiger partial charge on any atom is 0.274 e. The van der Waals surface area contributed by atoms with Gasteiger partial charge in [0.1, 0.15) is 5.69 Å². The maximum absolute atomic E-state index is 12.3. The monoisotopic (exact) mass is 316 g/mol. The summed E-state index contributed by atoms with van der Waals surface area (Å²) in [5.41, 5.74) is 1.98. The topological polar surface area (TPSA) is 58.1 Å². The zero-order valence-corrected chi connectivity index (χ0v) is 13.1. The van der Waals surface area contributed by atoms with Gasteiger partial charge < -0.3 is 10.2 Å². The lowest BCUT2D eigenvalue weighted by atomic mass is 10.2. The second-order valence-corrected chi connectivity index (χ2v) is 5.76. The van der Waals surface area contributed by atoms with E-state index in [1.165, 1.54) is 0 Å². The summed E-state index contributed by atoms with van der Waals surface area (Å²) in [6.07, 6.45) is 3.90. The zero-order valence-electron chi connectivity index (χ0n) is 12.3. The molecule has 0 unspecified atom stereocenters. The summed E-state index contributed by atoms with van der Waals surface area (Å²) in [4.78, 5) is 23.0. The van der Waals surface area contributed by atoms with Crippen LogP contribution in [0.4, 0.5) is 11.6 Å². The van der Waals surface area contributed by atoms with Gasteiger partial charge >= 0.3 is 0 Å². The first kappa shape index (κ1) is 14.8. The lowest BCUT2D eigenvalue weighted by Gasteiger charge is -2.15. The molecule has 0 spiro atoms. The Labute approximate surface area is 134 Å². The molecule has 3 rings (SSSR count). The Morgan fingerprint density at radius 3 is 2.77 bits per heavy atom. The van der Waals surface area contributed by atoms with Crippen molar-refractivity contribution >= 4 is 29.1 Å². The van der Waals surface area contributed by atoms with Crippen LogP contribution in [-0.4, -0.2) is 29.0 Å². The number of nitrogens with one attached hydrogen (secondary N) is 1. The van der Waals surface area contributed by atoms with Crippen LogP contribution in [0.25, 0.3) is 0 Å². The van der Waals surface area contributed by atoms with Gasteiger partial charge in [-0.3, -0.25) is 4.79 Å². The molecule has 1 aromatic carbocycles. The van der Waals surface area contributed by atoms with Gasteiger partial charge in [0.2, 0.25) is 5.95 Å². The van der Waals surface area contributed by atoms with Crippen LogP contribution in [0.1, 0.15) is 28.9 Å². The van der Waals surface area contributed by atoms with E-state index in [1.54, 1.807) is 18.3 Å². The lowest BCUT2D eigenvalue weighted by Crippen LogP contribution is -2.22. The number of halogens is 1. The number of anilines is 2. The van der Waals surface area contributed by atoms with E-state index in [1.807, 2.05) is 19.1 Å². The first-order valence-corrected chi connectivity index (χ1v) is 7.67. The van der Waals surface area contributed by atoms with Crippen molar-refractivity contribution in [2.45, 2.75) is 19.8 Å². The third-order valence-corrected chi connectivity index (χ3v) is 4.10. The number of aryl methyl sites for hydroxylation is 1. The molecule has 1 aliphatic rings. The molecule has 2 aromatic rings. The molecule has 1 N–H and O–H groups in total. The van der Waals surface area contributed by atoms with Crippen molar-refractivity contribution in [3.63, 3.8) is 0 Å². The van der Waals surface area contributed by atoms with Crippen molar-refractivity contribution in [1.82, 2.24) is 9.97 Å². The van der Waals surface area contributed by atoms with Gasteiger partial charge in [0.15, 0.2) is 0 Å². The number of carbonyl (C=O) groups is 1. The van der Waals surface area contributed by atoms with E-state index in [0.29, 0.717) is 22.4 Å². The number of carbonyl (C=O) groups excluding carboxylic acids is 1. The molecule has 0 saturated carbocycles. The fraction of sp³-hybridized carbons (Fsp3) is 0.312. The van der Waals surface area contributed by atoms with E-state index in [-0.39, 0.29) is 5.91 Å². The Morgan fingerprint density at radius 2 is 2.05 bits per heavy atom. The van der Waals surface area contributed by atoms with Crippen LogP contribution >= 0.6 is 11.6 Å². The van der Waals surface area contributed by atoms with Crippen LogP contribution in [0.15, 0.2) is 30.5 Å². The van der Waals surface area contributed by atoms with Crippen LogP contribution in [0.2, 0.25) is 5.02 Å². The average Bonchev–Trinajstić information content (AvgIpc) is 3.05. The number of amides is 1. The van der Waals surface area contributed by atoms with Crippen LogP contribution in [0, 0.1) is 6.92 Å². The summed E-state index contributed by atoms with van der Waals surface area (Å²) < 4.78 is 0. The molecule has 1 aliphatic heterocycles. The normalized spacial score (nSPS) is 14.2. The lowest BCUT2D eigenvalue weighted by molar-refractivity contribution is 0.102. The fourth-order valence-electron chi connectivity index (χ4n) is 2.41. The van der Waals surface area contributed by atoms with Gasteiger partial charge in [0, 0.05) is 30.0 Å². The minimum absolute atomic E-state index is 0.261. The molecule has 0 radical (unpaired) electrons. The summed E-state index contributed by atoms with van der Waals surface area (Å²) in [6, 6.07) is 7.04. The van der Waals surface area contributed by atoms with Crippen molar-refractivity contribution in [3.05, 3.63) is 46.7 Å². The average molecular weight is 317 g/mol. The van der Waals surface area contributed by atoms with Crippen molar-refractivity contribution < 1.29 is 4.79 Å². The maximum atomic E-state index is 12.3. The second-order valence-electron chi connectivity index (χ2n) is 5.35. The predicted octanol–water partition coefficient (Wildman–Crippen LogP) is 3.29. The molecule has 114 valence electrons. The highest BCUT2D eigenvalue weighted by molar-refractivity contribution is 6.31. The number of benzene rings is 1. The first-order valence-electron chi connectivity index (χ1n) is 7.29. The number of nitrogens with zero attached hydrogens (tertiary/aromatic N) is 3. The Morgan fingerprint density at radius 1 is 1.27 bits per heavy atom. The Bertz CT molecular complexity index is 698. The van der Waals surface area contributed by atoms with Crippen molar-refractivity contribution in [3.8, 4) is 0 Å². The van der Waals surface area contributed by atoms with Gasteiger partial charge in [0.25, 0.3) is 5.91 Å². The molecule has 2 heterocycles. The third-order valence-electron chi connectivity index (χ3n) is 3.69. The highest BCUT2D eigenvalue weighted by Crippen LogP contribution is 2.21. The SMILES string of the molecule is Cc1ccc(NC(=O)c2ccnc(N3CCCC3)n2)cc1Cl. The van der Waals surface area contributed by atoms with Crippen LogP contribution in [0.5, 0.6) is 0 Å². The largest absolute Gasteiger partial charge is 0.341 e. The summed E-state index contributed by atoms with van der Waals surface area (Å²) in [6.45, 7) is 3.80. The predicted molar refractivity (Wildman–Crippen MR) is 87.6 cm³/mol. The van der Waals surface area contributed by atoms with Gasteiger partial charge in [-0.25, -0.2) is 9.97 Å². The summed E-state index contributed by atoms with van der Waals surface area (Å²) in [7, 11) is 0. The number of hydrogen-bond acceptors (Lipinski definition) is 4. The minimum Gasteiger partial charge on any atom is -0.341 e. The molecule has 1 amide bonds. The van der Waals surface area contributed by atoms with Gasteiger partial charge in [-0.1, -0.05) is 17.7 Å². The molecule has 5 nitrogen and oxygen atoms in total. The summed E-state index contributed by atoms with van der Waals surface area (Å²) in [5, 5.41) is 3.44. The third kappa shape index (κ3) is 3.20. The molecular weight excluding hydrogens is 300 g/mol. The number of rotatable bonds is 3. The standard InChI is InChI=1S/C16H17ClN4O/c1-11-4-5-12(10-13(11)17)19-15(22)14-6-7-18-16(20-14)21-8-2-3-9-21/h4-7,10H,2-3,8-9H2,1H3,(H,19,22). The number of hydrogen-bond donors (Lipinski definition) is 1. The first-order chi connectivity index (χ1) is 10.6. The highest BCUT2D eigenvalue weighted by Gasteiger charge is 2.17. The van der Waals surface area contributed by atoms with Gasteiger partial charge in [-0.05, 0) is 43.5 Å². The smallest absolute Gasteiger partial charge is 0.274 e. The quantitative estimate of drug-likeness (QED) is 0.944. The van der Waals surface area contributed by atoms with Crippen molar-refractivity contribution in [1.29, 1.82) is 0 Å². The highest BCUT2D eigenvalue weighted by atomic mass is 35.5. The van der Waals surface area contributed by atoms with Crippen LogP contribution < -0.4 is 10.2 Å². The van der Waals surface area contributed by atoms with E-state index in [2.05, 4.69) is 20.2 Å². The van der Waals surface area contributed by atoms with E-state index in [9.17, 15) is 4.79 Å². The Hall–Kier alpha value is -2.14. The van der Waals surface area contributed by atoms with E-state index < -0.39 is 0 Å². The molecule has 0 bridgehead atoms. The number of aromatic nitrogens is 2. The van der Waals surface area contributed by atoms with Crippen molar-refractivity contribution in [2.24, 2.45) is 0 Å². The minimum atomic E-state index is -0.261. The van der Waals surface area contributed by atoms with Crippen molar-refractivity contribution in [2.75, 3.05) is 23.3 Å². The van der Waals surface area contributed by atoms with E-state index in [4.69, 9.17) is 11.6 Å².